The normalized spacial score (nSPS) is 10.2. The zero-order chi connectivity index (χ0) is 17.1. The van der Waals surface area contributed by atoms with Crippen molar-refractivity contribution in [2.75, 3.05) is 31.5 Å². The van der Waals surface area contributed by atoms with Gasteiger partial charge in [0, 0.05) is 30.1 Å². The van der Waals surface area contributed by atoms with Crippen LogP contribution in [0.3, 0.4) is 0 Å². The third kappa shape index (κ3) is 9.75. The maximum atomic E-state index is 11.8. The van der Waals surface area contributed by atoms with Crippen molar-refractivity contribution in [3.63, 3.8) is 0 Å². The number of rotatable bonds is 10. The summed E-state index contributed by atoms with van der Waals surface area (Å²) in [5.41, 5.74) is 0.680. The number of hydrogen-bond donors (Lipinski definition) is 2. The maximum absolute atomic E-state index is 11.8. The zero-order valence-electron chi connectivity index (χ0n) is 14.3. The number of carbonyl (C=O) groups is 2. The molecule has 1 rings (SSSR count). The van der Waals surface area contributed by atoms with Crippen LogP contribution in [0.15, 0.2) is 24.3 Å². The fourth-order valence-electron chi connectivity index (χ4n) is 2.14. The van der Waals surface area contributed by atoms with Crippen molar-refractivity contribution >= 4 is 41.5 Å². The minimum absolute atomic E-state index is 0. The first-order chi connectivity index (χ1) is 11.0. The average Bonchev–Trinajstić information content (AvgIpc) is 2.55. The number of nitrogens with zero attached hydrogens (tertiary/aromatic N) is 1. The molecule has 0 aliphatic carbocycles. The summed E-state index contributed by atoms with van der Waals surface area (Å²) in [6, 6.07) is 6.88. The van der Waals surface area contributed by atoms with Crippen molar-refractivity contribution < 1.29 is 9.59 Å². The molecule has 0 aliphatic rings. The first-order valence-corrected chi connectivity index (χ1v) is 8.47. The molecule has 0 aromatic heterocycles. The van der Waals surface area contributed by atoms with Crippen LogP contribution in [-0.4, -0.2) is 42.9 Å². The van der Waals surface area contributed by atoms with Gasteiger partial charge in [-0.25, -0.2) is 0 Å². The smallest absolute Gasteiger partial charge is 0.224 e. The Balaban J connectivity index is 0.00000529. The Labute approximate surface area is 155 Å². The Morgan fingerprint density at radius 2 is 1.62 bits per heavy atom. The summed E-state index contributed by atoms with van der Waals surface area (Å²) in [7, 11) is 0. The van der Waals surface area contributed by atoms with Gasteiger partial charge in [0.25, 0.3) is 0 Å². The molecular formula is C17H27Cl2N3O2. The standard InChI is InChI=1S/C17H26ClN3O2.ClH/c1-3-21(4-2)13-5-12-19-16(22)10-11-17(23)20-15-8-6-14(18)7-9-15;/h6-9H,3-5,10-13H2,1-2H3,(H,19,22)(H,20,23);1H. The molecule has 5 nitrogen and oxygen atoms in total. The summed E-state index contributed by atoms with van der Waals surface area (Å²) in [6.07, 6.45) is 1.29. The summed E-state index contributed by atoms with van der Waals surface area (Å²) in [5, 5.41) is 6.21. The number of hydrogen-bond acceptors (Lipinski definition) is 3. The quantitative estimate of drug-likeness (QED) is 0.616. The van der Waals surface area contributed by atoms with E-state index >= 15 is 0 Å². The lowest BCUT2D eigenvalue weighted by atomic mass is 10.2. The van der Waals surface area contributed by atoms with Crippen molar-refractivity contribution in [1.82, 2.24) is 10.2 Å². The second-order valence-electron chi connectivity index (χ2n) is 5.29. The maximum Gasteiger partial charge on any atom is 0.224 e. The van der Waals surface area contributed by atoms with Gasteiger partial charge in [-0.1, -0.05) is 25.4 Å². The van der Waals surface area contributed by atoms with E-state index in [4.69, 9.17) is 11.6 Å². The highest BCUT2D eigenvalue weighted by Gasteiger charge is 2.07. The molecule has 0 spiro atoms. The van der Waals surface area contributed by atoms with Crippen molar-refractivity contribution in [1.29, 1.82) is 0 Å². The molecule has 1 aromatic rings. The van der Waals surface area contributed by atoms with Gasteiger partial charge in [-0.05, 0) is 50.3 Å². The molecule has 0 heterocycles. The molecule has 0 aliphatic heterocycles. The molecule has 0 bridgehead atoms. The van der Waals surface area contributed by atoms with Gasteiger partial charge in [0.05, 0.1) is 0 Å². The highest BCUT2D eigenvalue weighted by Crippen LogP contribution is 2.13. The van der Waals surface area contributed by atoms with E-state index in [2.05, 4.69) is 29.4 Å². The molecule has 0 saturated carbocycles. The largest absolute Gasteiger partial charge is 0.356 e. The topological polar surface area (TPSA) is 61.4 Å². The van der Waals surface area contributed by atoms with Gasteiger partial charge in [0.2, 0.25) is 11.8 Å². The Kier molecular flexibility index (Phi) is 12.3. The third-order valence-corrected chi connectivity index (χ3v) is 3.83. The van der Waals surface area contributed by atoms with Crippen LogP contribution in [0.5, 0.6) is 0 Å². The summed E-state index contributed by atoms with van der Waals surface area (Å²) in [4.78, 5) is 25.8. The van der Waals surface area contributed by atoms with Gasteiger partial charge in [0.1, 0.15) is 0 Å². The molecule has 136 valence electrons. The number of benzene rings is 1. The molecule has 2 N–H and O–H groups in total. The van der Waals surface area contributed by atoms with Crippen molar-refractivity contribution in [3.05, 3.63) is 29.3 Å². The summed E-state index contributed by atoms with van der Waals surface area (Å²) in [5.74, 6) is -0.263. The Bertz CT molecular complexity index is 491. The van der Waals surface area contributed by atoms with E-state index < -0.39 is 0 Å². The van der Waals surface area contributed by atoms with Crippen molar-refractivity contribution in [2.24, 2.45) is 0 Å². The highest BCUT2D eigenvalue weighted by molar-refractivity contribution is 6.30. The van der Waals surface area contributed by atoms with E-state index in [0.717, 1.165) is 26.1 Å². The Morgan fingerprint density at radius 1 is 1.04 bits per heavy atom. The number of anilines is 1. The predicted octanol–water partition coefficient (Wildman–Crippen LogP) is 3.33. The van der Waals surface area contributed by atoms with Crippen LogP contribution in [0.25, 0.3) is 0 Å². The van der Waals surface area contributed by atoms with E-state index in [1.165, 1.54) is 0 Å². The van der Waals surface area contributed by atoms with Gasteiger partial charge in [-0.15, -0.1) is 12.4 Å². The minimum Gasteiger partial charge on any atom is -0.356 e. The third-order valence-electron chi connectivity index (χ3n) is 3.57. The van der Waals surface area contributed by atoms with Crippen LogP contribution >= 0.6 is 24.0 Å². The second kappa shape index (κ2) is 13.0. The monoisotopic (exact) mass is 375 g/mol. The van der Waals surface area contributed by atoms with Gasteiger partial charge in [0.15, 0.2) is 0 Å². The highest BCUT2D eigenvalue weighted by atomic mass is 35.5. The lowest BCUT2D eigenvalue weighted by Gasteiger charge is -2.17. The van der Waals surface area contributed by atoms with Gasteiger partial charge >= 0.3 is 0 Å². The first-order valence-electron chi connectivity index (χ1n) is 8.09. The van der Waals surface area contributed by atoms with Crippen LogP contribution in [0, 0.1) is 0 Å². The Hall–Kier alpha value is -1.30. The van der Waals surface area contributed by atoms with Crippen LogP contribution in [0.1, 0.15) is 33.1 Å². The lowest BCUT2D eigenvalue weighted by molar-refractivity contribution is -0.124. The predicted molar refractivity (Wildman–Crippen MR) is 102 cm³/mol. The van der Waals surface area contributed by atoms with E-state index in [9.17, 15) is 9.59 Å². The molecule has 24 heavy (non-hydrogen) atoms. The summed E-state index contributed by atoms with van der Waals surface area (Å²) < 4.78 is 0. The summed E-state index contributed by atoms with van der Waals surface area (Å²) >= 11 is 5.78. The van der Waals surface area contributed by atoms with E-state index in [1.807, 2.05) is 0 Å². The molecule has 7 heteroatoms. The number of nitrogens with one attached hydrogen (secondary N) is 2. The van der Waals surface area contributed by atoms with E-state index in [0.29, 0.717) is 17.3 Å². The number of halogens is 2. The van der Waals surface area contributed by atoms with Gasteiger partial charge < -0.3 is 15.5 Å². The van der Waals surface area contributed by atoms with Crippen molar-refractivity contribution in [2.45, 2.75) is 33.1 Å². The molecular weight excluding hydrogens is 349 g/mol. The molecule has 0 fully saturated rings. The van der Waals surface area contributed by atoms with Crippen LogP contribution in [0.4, 0.5) is 5.69 Å². The molecule has 0 atom stereocenters. The number of carbonyl (C=O) groups excluding carboxylic acids is 2. The number of amides is 2. The van der Waals surface area contributed by atoms with E-state index in [1.54, 1.807) is 24.3 Å². The van der Waals surface area contributed by atoms with Crippen molar-refractivity contribution in [3.8, 4) is 0 Å². The van der Waals surface area contributed by atoms with Crippen LogP contribution in [0.2, 0.25) is 5.02 Å². The molecule has 0 unspecified atom stereocenters. The SMILES string of the molecule is CCN(CC)CCCNC(=O)CCC(=O)Nc1ccc(Cl)cc1.Cl. The zero-order valence-corrected chi connectivity index (χ0v) is 15.9. The van der Waals surface area contributed by atoms with Crippen LogP contribution in [-0.2, 0) is 9.59 Å². The van der Waals surface area contributed by atoms with Gasteiger partial charge in [-0.2, -0.15) is 0 Å². The molecule has 0 radical (unpaired) electrons. The second-order valence-corrected chi connectivity index (χ2v) is 5.72. The molecule has 1 aromatic carbocycles. The fraction of sp³-hybridized carbons (Fsp3) is 0.529. The molecule has 0 saturated heterocycles. The summed E-state index contributed by atoms with van der Waals surface area (Å²) in [6.45, 7) is 7.92. The van der Waals surface area contributed by atoms with E-state index in [-0.39, 0.29) is 37.1 Å². The van der Waals surface area contributed by atoms with Gasteiger partial charge in [-0.3, -0.25) is 9.59 Å². The lowest BCUT2D eigenvalue weighted by Crippen LogP contribution is -2.30. The first kappa shape index (κ1) is 22.7. The molecule has 2 amide bonds. The minimum atomic E-state index is -0.175. The Morgan fingerprint density at radius 3 is 2.21 bits per heavy atom. The fourth-order valence-corrected chi connectivity index (χ4v) is 2.27. The van der Waals surface area contributed by atoms with Crippen LogP contribution < -0.4 is 10.6 Å². The average molecular weight is 376 g/mol.